The van der Waals surface area contributed by atoms with Crippen LogP contribution >= 0.6 is 11.3 Å². The van der Waals surface area contributed by atoms with E-state index < -0.39 is 5.60 Å². The predicted octanol–water partition coefficient (Wildman–Crippen LogP) is 4.05. The van der Waals surface area contributed by atoms with Crippen LogP contribution in [0.1, 0.15) is 37.7 Å². The standard InChI is InChI=1S/C14H16OS/c15-14(8-2-1-3-9-14)12-5-4-6-13-11(12)7-10-16-13/h4-7,10,15H,1-3,8-9H2. The summed E-state index contributed by atoms with van der Waals surface area (Å²) in [5.41, 5.74) is 0.574. The smallest absolute Gasteiger partial charge is 0.0902 e. The van der Waals surface area contributed by atoms with Crippen LogP contribution in [-0.2, 0) is 5.60 Å². The van der Waals surface area contributed by atoms with Crippen molar-refractivity contribution >= 4 is 21.4 Å². The number of hydrogen-bond acceptors (Lipinski definition) is 2. The van der Waals surface area contributed by atoms with Gasteiger partial charge in [0.2, 0.25) is 0 Å². The first-order valence-corrected chi connectivity index (χ1v) is 6.87. The molecule has 0 bridgehead atoms. The van der Waals surface area contributed by atoms with Crippen LogP contribution in [0.15, 0.2) is 29.6 Å². The molecule has 0 atom stereocenters. The monoisotopic (exact) mass is 232 g/mol. The Morgan fingerprint density at radius 2 is 1.88 bits per heavy atom. The van der Waals surface area contributed by atoms with Crippen molar-refractivity contribution in [3.63, 3.8) is 0 Å². The Morgan fingerprint density at radius 3 is 2.69 bits per heavy atom. The van der Waals surface area contributed by atoms with E-state index in [1.807, 2.05) is 0 Å². The Kier molecular flexibility index (Phi) is 2.49. The molecule has 1 N–H and O–H groups in total. The van der Waals surface area contributed by atoms with Crippen LogP contribution < -0.4 is 0 Å². The van der Waals surface area contributed by atoms with Crippen molar-refractivity contribution < 1.29 is 5.11 Å². The second kappa shape index (κ2) is 3.86. The number of thiophene rings is 1. The zero-order chi connectivity index (χ0) is 11.0. The SMILES string of the molecule is OC1(c2cccc3sccc23)CCCCC1. The van der Waals surface area contributed by atoms with Crippen LogP contribution in [0.5, 0.6) is 0 Å². The summed E-state index contributed by atoms with van der Waals surface area (Å²) in [5, 5.41) is 14.1. The Labute approximate surface area is 99.7 Å². The van der Waals surface area contributed by atoms with Crippen LogP contribution in [-0.4, -0.2) is 5.11 Å². The lowest BCUT2D eigenvalue weighted by Gasteiger charge is -2.33. The summed E-state index contributed by atoms with van der Waals surface area (Å²) in [4.78, 5) is 0. The first-order chi connectivity index (χ1) is 7.80. The molecule has 1 saturated carbocycles. The lowest BCUT2D eigenvalue weighted by molar-refractivity contribution is 0.000777. The molecule has 1 fully saturated rings. The van der Waals surface area contributed by atoms with Gasteiger partial charge in [-0.3, -0.25) is 0 Å². The van der Waals surface area contributed by atoms with Crippen molar-refractivity contribution in [1.82, 2.24) is 0 Å². The average Bonchev–Trinajstić information content (AvgIpc) is 2.77. The van der Waals surface area contributed by atoms with Crippen molar-refractivity contribution in [2.45, 2.75) is 37.7 Å². The maximum absolute atomic E-state index is 10.8. The minimum absolute atomic E-state index is 0.571. The molecule has 0 saturated heterocycles. The van der Waals surface area contributed by atoms with Gasteiger partial charge >= 0.3 is 0 Å². The van der Waals surface area contributed by atoms with Crippen LogP contribution in [0.2, 0.25) is 0 Å². The van der Waals surface area contributed by atoms with Crippen LogP contribution in [0, 0.1) is 0 Å². The molecular formula is C14H16OS. The van der Waals surface area contributed by atoms with Gasteiger partial charge in [0.15, 0.2) is 0 Å². The van der Waals surface area contributed by atoms with E-state index >= 15 is 0 Å². The Bertz CT molecular complexity index is 494. The van der Waals surface area contributed by atoms with E-state index in [4.69, 9.17) is 0 Å². The van der Waals surface area contributed by atoms with Crippen molar-refractivity contribution in [3.05, 3.63) is 35.2 Å². The highest BCUT2D eigenvalue weighted by Crippen LogP contribution is 2.40. The molecular weight excluding hydrogens is 216 g/mol. The molecule has 1 aliphatic carbocycles. The molecule has 0 aliphatic heterocycles. The van der Waals surface area contributed by atoms with Crippen molar-refractivity contribution in [2.24, 2.45) is 0 Å². The molecule has 1 aromatic heterocycles. The molecule has 0 unspecified atom stereocenters. The fourth-order valence-electron chi connectivity index (χ4n) is 2.81. The molecule has 1 aromatic carbocycles. The molecule has 1 heterocycles. The molecule has 84 valence electrons. The van der Waals surface area contributed by atoms with Gasteiger partial charge in [-0.2, -0.15) is 0 Å². The highest BCUT2D eigenvalue weighted by molar-refractivity contribution is 7.17. The predicted molar refractivity (Wildman–Crippen MR) is 68.8 cm³/mol. The molecule has 16 heavy (non-hydrogen) atoms. The minimum Gasteiger partial charge on any atom is -0.385 e. The molecule has 0 amide bonds. The summed E-state index contributed by atoms with van der Waals surface area (Å²) in [6.07, 6.45) is 5.40. The van der Waals surface area contributed by atoms with Gasteiger partial charge in [-0.05, 0) is 41.3 Å². The zero-order valence-corrected chi connectivity index (χ0v) is 10.1. The van der Waals surface area contributed by atoms with E-state index in [1.165, 1.54) is 16.5 Å². The number of hydrogen-bond donors (Lipinski definition) is 1. The maximum atomic E-state index is 10.8. The lowest BCUT2D eigenvalue weighted by atomic mass is 9.79. The van der Waals surface area contributed by atoms with E-state index in [1.54, 1.807) is 11.3 Å². The molecule has 1 nitrogen and oxygen atoms in total. The summed E-state index contributed by atoms with van der Waals surface area (Å²) in [6, 6.07) is 8.44. The molecule has 2 aromatic rings. The zero-order valence-electron chi connectivity index (χ0n) is 9.28. The normalized spacial score (nSPS) is 20.1. The quantitative estimate of drug-likeness (QED) is 0.786. The minimum atomic E-state index is -0.571. The van der Waals surface area contributed by atoms with Gasteiger partial charge in [-0.15, -0.1) is 11.3 Å². The molecule has 2 heteroatoms. The Morgan fingerprint density at radius 1 is 1.06 bits per heavy atom. The second-order valence-corrected chi connectivity index (χ2v) is 5.68. The summed E-state index contributed by atoms with van der Waals surface area (Å²) >= 11 is 1.75. The Hall–Kier alpha value is -0.860. The van der Waals surface area contributed by atoms with Crippen LogP contribution in [0.4, 0.5) is 0 Å². The number of rotatable bonds is 1. The first-order valence-electron chi connectivity index (χ1n) is 5.99. The fraction of sp³-hybridized carbons (Fsp3) is 0.429. The lowest BCUT2D eigenvalue weighted by Crippen LogP contribution is -2.28. The summed E-state index contributed by atoms with van der Waals surface area (Å²) in [6.45, 7) is 0. The van der Waals surface area contributed by atoms with E-state index in [9.17, 15) is 5.11 Å². The Balaban J connectivity index is 2.13. The van der Waals surface area contributed by atoms with Gasteiger partial charge < -0.3 is 5.11 Å². The number of benzene rings is 1. The van der Waals surface area contributed by atoms with Gasteiger partial charge in [0, 0.05) is 4.70 Å². The summed E-state index contributed by atoms with van der Waals surface area (Å²) in [7, 11) is 0. The number of fused-ring (bicyclic) bond motifs is 1. The third kappa shape index (κ3) is 1.57. The van der Waals surface area contributed by atoms with Crippen molar-refractivity contribution in [3.8, 4) is 0 Å². The topological polar surface area (TPSA) is 20.2 Å². The highest BCUT2D eigenvalue weighted by Gasteiger charge is 2.32. The van der Waals surface area contributed by atoms with Gasteiger partial charge in [0.1, 0.15) is 0 Å². The van der Waals surface area contributed by atoms with Gasteiger partial charge in [0.05, 0.1) is 5.60 Å². The fourth-order valence-corrected chi connectivity index (χ4v) is 3.62. The van der Waals surface area contributed by atoms with Gasteiger partial charge in [-0.25, -0.2) is 0 Å². The average molecular weight is 232 g/mol. The highest BCUT2D eigenvalue weighted by atomic mass is 32.1. The largest absolute Gasteiger partial charge is 0.385 e. The molecule has 3 rings (SSSR count). The van der Waals surface area contributed by atoms with Crippen LogP contribution in [0.3, 0.4) is 0 Å². The maximum Gasteiger partial charge on any atom is 0.0902 e. The molecule has 1 aliphatic rings. The van der Waals surface area contributed by atoms with Gasteiger partial charge in [0.25, 0.3) is 0 Å². The van der Waals surface area contributed by atoms with E-state index in [-0.39, 0.29) is 0 Å². The second-order valence-electron chi connectivity index (χ2n) is 4.73. The van der Waals surface area contributed by atoms with E-state index in [2.05, 4.69) is 29.6 Å². The van der Waals surface area contributed by atoms with Crippen molar-refractivity contribution in [2.75, 3.05) is 0 Å². The van der Waals surface area contributed by atoms with Crippen molar-refractivity contribution in [1.29, 1.82) is 0 Å². The molecule has 0 radical (unpaired) electrons. The van der Waals surface area contributed by atoms with E-state index in [0.717, 1.165) is 31.2 Å². The summed E-state index contributed by atoms with van der Waals surface area (Å²) < 4.78 is 1.29. The third-order valence-electron chi connectivity index (χ3n) is 3.68. The van der Waals surface area contributed by atoms with E-state index in [0.29, 0.717) is 0 Å². The number of aliphatic hydroxyl groups is 1. The molecule has 0 spiro atoms. The summed E-state index contributed by atoms with van der Waals surface area (Å²) in [5.74, 6) is 0. The van der Waals surface area contributed by atoms with Crippen LogP contribution in [0.25, 0.3) is 10.1 Å². The van der Waals surface area contributed by atoms with Gasteiger partial charge in [-0.1, -0.05) is 31.4 Å². The third-order valence-corrected chi connectivity index (χ3v) is 4.56. The first kappa shape index (κ1) is 10.3.